The molecule has 1 fully saturated rings. The lowest BCUT2D eigenvalue weighted by molar-refractivity contribution is -0.106. The highest BCUT2D eigenvalue weighted by Gasteiger charge is 2.31. The van der Waals surface area contributed by atoms with E-state index in [0.717, 1.165) is 57.2 Å². The molecule has 3 rings (SSSR count). The highest BCUT2D eigenvalue weighted by molar-refractivity contribution is 5.85. The maximum atomic E-state index is 13.0. The van der Waals surface area contributed by atoms with Crippen LogP contribution >= 0.6 is 12.4 Å². The molecule has 5 heteroatoms. The predicted octanol–water partition coefficient (Wildman–Crippen LogP) is 3.29. The van der Waals surface area contributed by atoms with Crippen LogP contribution in [-0.4, -0.2) is 48.9 Å². The van der Waals surface area contributed by atoms with Gasteiger partial charge in [0.2, 0.25) is 0 Å². The van der Waals surface area contributed by atoms with Gasteiger partial charge in [-0.3, -0.25) is 14.6 Å². The van der Waals surface area contributed by atoms with E-state index in [-0.39, 0.29) is 24.4 Å². The molecule has 0 spiro atoms. The number of carbonyl (C=O) groups excluding carboxylic acids is 1. The Morgan fingerprint density at radius 2 is 1.83 bits per heavy atom. The summed E-state index contributed by atoms with van der Waals surface area (Å²) >= 11 is 0. The van der Waals surface area contributed by atoms with Crippen LogP contribution in [0.4, 0.5) is 4.39 Å². The lowest BCUT2D eigenvalue weighted by atomic mass is 9.89. The van der Waals surface area contributed by atoms with Crippen molar-refractivity contribution in [3.63, 3.8) is 0 Å². The Morgan fingerprint density at radius 1 is 1.17 bits per heavy atom. The molecule has 0 N–H and O–H groups in total. The van der Waals surface area contributed by atoms with Gasteiger partial charge < -0.3 is 0 Å². The van der Waals surface area contributed by atoms with E-state index in [4.69, 9.17) is 0 Å². The summed E-state index contributed by atoms with van der Waals surface area (Å²) in [6, 6.07) is 6.87. The fraction of sp³-hybridized carbons (Fsp3) is 0.526. The average Bonchev–Trinajstić information content (AvgIpc) is 2.57. The van der Waals surface area contributed by atoms with Gasteiger partial charge in [-0.15, -0.1) is 12.4 Å². The number of aldehydes is 1. The average molecular weight is 353 g/mol. The first-order valence-electron chi connectivity index (χ1n) is 8.51. The van der Waals surface area contributed by atoms with Crippen LogP contribution < -0.4 is 0 Å². The second-order valence-corrected chi connectivity index (χ2v) is 6.77. The molecule has 2 heterocycles. The number of halogens is 2. The first-order chi connectivity index (χ1) is 11.2. The zero-order valence-electron chi connectivity index (χ0n) is 14.2. The number of likely N-dealkylation sites (tertiary alicyclic amines) is 1. The van der Waals surface area contributed by atoms with Crippen molar-refractivity contribution < 1.29 is 9.18 Å². The van der Waals surface area contributed by atoms with Gasteiger partial charge in [-0.25, -0.2) is 4.39 Å². The van der Waals surface area contributed by atoms with Gasteiger partial charge in [0.05, 0.1) is 6.17 Å². The summed E-state index contributed by atoms with van der Waals surface area (Å²) in [5.74, 6) is 0.478. The van der Waals surface area contributed by atoms with Crippen LogP contribution in [0.3, 0.4) is 0 Å². The van der Waals surface area contributed by atoms with Crippen molar-refractivity contribution in [2.24, 2.45) is 5.92 Å². The third-order valence-corrected chi connectivity index (χ3v) is 5.15. The number of hydrogen-bond donors (Lipinski definition) is 0. The molecule has 1 aromatic carbocycles. The number of carbonyl (C=O) groups is 1. The van der Waals surface area contributed by atoms with Gasteiger partial charge in [-0.2, -0.15) is 0 Å². The van der Waals surface area contributed by atoms with E-state index in [1.807, 2.05) is 12.1 Å². The molecule has 0 aliphatic carbocycles. The monoisotopic (exact) mass is 352 g/mol. The van der Waals surface area contributed by atoms with Crippen LogP contribution in [-0.2, 0) is 11.2 Å². The van der Waals surface area contributed by atoms with E-state index < -0.39 is 0 Å². The molecule has 1 unspecified atom stereocenters. The fourth-order valence-corrected chi connectivity index (χ4v) is 3.87. The fourth-order valence-electron chi connectivity index (χ4n) is 3.87. The Morgan fingerprint density at radius 3 is 2.46 bits per heavy atom. The highest BCUT2D eigenvalue weighted by Crippen LogP contribution is 2.27. The van der Waals surface area contributed by atoms with Crippen molar-refractivity contribution in [3.05, 3.63) is 47.3 Å². The van der Waals surface area contributed by atoms with Gasteiger partial charge in [0.15, 0.2) is 0 Å². The third-order valence-electron chi connectivity index (χ3n) is 5.15. The topological polar surface area (TPSA) is 23.6 Å². The van der Waals surface area contributed by atoms with E-state index in [2.05, 4.69) is 22.9 Å². The van der Waals surface area contributed by atoms with E-state index in [1.54, 1.807) is 12.1 Å². The van der Waals surface area contributed by atoms with Crippen LogP contribution in [0.5, 0.6) is 0 Å². The highest BCUT2D eigenvalue weighted by atomic mass is 35.5. The van der Waals surface area contributed by atoms with E-state index >= 15 is 0 Å². The summed E-state index contributed by atoms with van der Waals surface area (Å²) in [4.78, 5) is 16.1. The van der Waals surface area contributed by atoms with Crippen molar-refractivity contribution in [1.29, 1.82) is 0 Å². The minimum Gasteiger partial charge on any atom is -0.298 e. The second-order valence-electron chi connectivity index (χ2n) is 6.77. The Labute approximate surface area is 149 Å². The summed E-state index contributed by atoms with van der Waals surface area (Å²) in [6.07, 6.45) is 7.50. The van der Waals surface area contributed by atoms with Crippen molar-refractivity contribution in [2.45, 2.75) is 31.8 Å². The van der Waals surface area contributed by atoms with Gasteiger partial charge in [0.1, 0.15) is 12.1 Å². The maximum absolute atomic E-state index is 13.0. The standard InChI is InChI=1S/C19H25FN2O.ClH/c1-21-10-2-3-17(14-23)19(21)22-11-8-16(9-12-22)13-15-4-6-18(20)7-5-15;/h3-7,14,16,19H,2,8-13H2,1H3;1H. The molecule has 2 aliphatic heterocycles. The third kappa shape index (κ3) is 4.44. The molecule has 0 amide bonds. The van der Waals surface area contributed by atoms with Gasteiger partial charge in [-0.05, 0) is 56.3 Å². The number of rotatable bonds is 4. The van der Waals surface area contributed by atoms with Crippen LogP contribution in [0.2, 0.25) is 0 Å². The summed E-state index contributed by atoms with van der Waals surface area (Å²) in [5.41, 5.74) is 2.13. The number of likely N-dealkylation sites (N-methyl/N-ethyl adjacent to an activating group) is 1. The lowest BCUT2D eigenvalue weighted by Gasteiger charge is -2.43. The van der Waals surface area contributed by atoms with Gasteiger partial charge in [0, 0.05) is 25.2 Å². The van der Waals surface area contributed by atoms with Crippen LogP contribution in [0.25, 0.3) is 0 Å². The van der Waals surface area contributed by atoms with Crippen LogP contribution in [0, 0.1) is 11.7 Å². The largest absolute Gasteiger partial charge is 0.298 e. The Hall–Kier alpha value is -1.23. The molecule has 1 atom stereocenters. The van der Waals surface area contributed by atoms with Crippen molar-refractivity contribution >= 4 is 18.7 Å². The number of piperidine rings is 1. The molecule has 2 aliphatic rings. The van der Waals surface area contributed by atoms with Crippen molar-refractivity contribution in [3.8, 4) is 0 Å². The SMILES string of the molecule is CN1CCC=C(C=O)C1N1CCC(Cc2ccc(F)cc2)CC1.Cl. The molecule has 0 aromatic heterocycles. The van der Waals surface area contributed by atoms with Gasteiger partial charge >= 0.3 is 0 Å². The minimum atomic E-state index is -0.169. The summed E-state index contributed by atoms with van der Waals surface area (Å²) in [6.45, 7) is 3.05. The molecule has 3 nitrogen and oxygen atoms in total. The summed E-state index contributed by atoms with van der Waals surface area (Å²) in [5, 5.41) is 0. The second kappa shape index (κ2) is 8.75. The van der Waals surface area contributed by atoms with Gasteiger partial charge in [-0.1, -0.05) is 18.2 Å². The molecule has 24 heavy (non-hydrogen) atoms. The summed E-state index contributed by atoms with van der Waals surface area (Å²) < 4.78 is 13.0. The number of benzene rings is 1. The van der Waals surface area contributed by atoms with E-state index in [9.17, 15) is 9.18 Å². The van der Waals surface area contributed by atoms with Crippen LogP contribution in [0.15, 0.2) is 35.9 Å². The predicted molar refractivity (Wildman–Crippen MR) is 96.8 cm³/mol. The van der Waals surface area contributed by atoms with E-state index in [0.29, 0.717) is 5.92 Å². The Balaban J connectivity index is 0.00000208. The van der Waals surface area contributed by atoms with E-state index in [1.165, 1.54) is 5.56 Å². The number of nitrogens with zero attached hydrogens (tertiary/aromatic N) is 2. The first kappa shape index (κ1) is 19.1. The smallest absolute Gasteiger partial charge is 0.148 e. The minimum absolute atomic E-state index is 0. The normalized spacial score (nSPS) is 23.4. The molecule has 0 bridgehead atoms. The zero-order chi connectivity index (χ0) is 16.2. The number of hydrogen-bond acceptors (Lipinski definition) is 3. The molecule has 1 saturated heterocycles. The van der Waals surface area contributed by atoms with Gasteiger partial charge in [0.25, 0.3) is 0 Å². The summed E-state index contributed by atoms with van der Waals surface area (Å²) in [7, 11) is 2.10. The first-order valence-corrected chi connectivity index (χ1v) is 8.51. The Kier molecular flexibility index (Phi) is 6.96. The molecule has 1 aromatic rings. The lowest BCUT2D eigenvalue weighted by Crippen LogP contribution is -2.52. The molecule has 0 radical (unpaired) electrons. The molecule has 132 valence electrons. The maximum Gasteiger partial charge on any atom is 0.148 e. The molecule has 0 saturated carbocycles. The van der Waals surface area contributed by atoms with Crippen molar-refractivity contribution in [1.82, 2.24) is 9.80 Å². The molecular formula is C19H26ClFN2O. The Bertz CT molecular complexity index is 567. The van der Waals surface area contributed by atoms with Crippen molar-refractivity contribution in [2.75, 3.05) is 26.7 Å². The van der Waals surface area contributed by atoms with Crippen LogP contribution in [0.1, 0.15) is 24.8 Å². The zero-order valence-corrected chi connectivity index (χ0v) is 15.0. The quantitative estimate of drug-likeness (QED) is 0.777. The molecular weight excluding hydrogens is 327 g/mol.